The molecule has 2 aromatic carbocycles. The molecular formula is C40H57N4O5S2+. The van der Waals surface area contributed by atoms with Gasteiger partial charge in [-0.1, -0.05) is 45.9 Å². The molecule has 9 nitrogen and oxygen atoms in total. The standard InChI is InChI=1S/C38H50N4O5S2.C2H6/c1-37(2)28-24-26(48-46)18-20-30(28)41-33(37)15-8-6-9-16-34-38(3,4)29-25-27(49-47)19-21-32(29)42(34)23-13-7-10-17-35(43)40-22-12-11-14-31(39-5)36(44)45;1-2/h6,8-9,15-16,18-21,24-25,31,39H,7,10-14,17,22-23H2,1-5H3,(H4,40,43,44,45,46,47);1-2H3/p+1. The highest BCUT2D eigenvalue weighted by molar-refractivity contribution is 7.94. The normalized spacial score (nSPS) is 16.9. The van der Waals surface area contributed by atoms with Crippen molar-refractivity contribution in [3.05, 3.63) is 83.6 Å². The Morgan fingerprint density at radius 1 is 0.882 bits per heavy atom. The van der Waals surface area contributed by atoms with Gasteiger partial charge in [0, 0.05) is 87.8 Å². The summed E-state index contributed by atoms with van der Waals surface area (Å²) >= 11 is 1.53. The number of carbonyl (C=O) groups excluding carboxylic acids is 1. The number of carboxylic acid groups (broad SMARTS) is 1. The van der Waals surface area contributed by atoms with Gasteiger partial charge in [0.1, 0.15) is 12.6 Å². The number of likely N-dealkylation sites (N-methyl/N-ethyl adjacent to an activating group) is 1. The van der Waals surface area contributed by atoms with Crippen molar-refractivity contribution < 1.29 is 28.4 Å². The lowest BCUT2D eigenvalue weighted by Gasteiger charge is -2.20. The van der Waals surface area contributed by atoms with E-state index in [9.17, 15) is 18.7 Å². The summed E-state index contributed by atoms with van der Waals surface area (Å²) in [4.78, 5) is 25.1. The number of hydrogen-bond acceptors (Lipinski definition) is 8. The smallest absolute Gasteiger partial charge is 0.320 e. The van der Waals surface area contributed by atoms with Crippen LogP contribution < -0.4 is 16.0 Å². The largest absolute Gasteiger partial charge is 0.480 e. The van der Waals surface area contributed by atoms with Crippen LogP contribution in [-0.4, -0.2) is 62.6 Å². The van der Waals surface area contributed by atoms with E-state index in [2.05, 4.69) is 84.7 Å². The van der Waals surface area contributed by atoms with Gasteiger partial charge in [0.15, 0.2) is 5.71 Å². The molecule has 278 valence electrons. The summed E-state index contributed by atoms with van der Waals surface area (Å²) in [6.45, 7) is 14.2. The Morgan fingerprint density at radius 3 is 2.24 bits per heavy atom. The molecule has 1 atom stereocenters. The number of carbonyl (C=O) groups is 2. The predicted molar refractivity (Wildman–Crippen MR) is 213 cm³/mol. The van der Waals surface area contributed by atoms with E-state index in [4.69, 9.17) is 5.11 Å². The Labute approximate surface area is 313 Å². The molecule has 0 fully saturated rings. The quantitative estimate of drug-likeness (QED) is 0.0384. The van der Waals surface area contributed by atoms with Crippen LogP contribution in [0.25, 0.3) is 0 Å². The van der Waals surface area contributed by atoms with Crippen molar-refractivity contribution in [2.45, 2.75) is 113 Å². The summed E-state index contributed by atoms with van der Waals surface area (Å²) < 4.78 is 21.6. The molecule has 0 radical (unpaired) electrons. The number of carboxylic acids is 1. The Morgan fingerprint density at radius 2 is 1.57 bits per heavy atom. The van der Waals surface area contributed by atoms with Crippen LogP contribution in [0.5, 0.6) is 0 Å². The third-order valence-corrected chi connectivity index (χ3v) is 10.5. The maximum Gasteiger partial charge on any atom is 0.320 e. The Hall–Kier alpha value is -3.35. The van der Waals surface area contributed by atoms with Crippen LogP contribution in [0.3, 0.4) is 0 Å². The second-order valence-electron chi connectivity index (χ2n) is 13.6. The van der Waals surface area contributed by atoms with Crippen LogP contribution in [0.15, 0.2) is 82.3 Å². The minimum Gasteiger partial charge on any atom is -0.480 e. The van der Waals surface area contributed by atoms with Gasteiger partial charge >= 0.3 is 5.97 Å². The first-order chi connectivity index (χ1) is 24.4. The molecule has 0 aliphatic carbocycles. The van der Waals surface area contributed by atoms with E-state index >= 15 is 0 Å². The van der Waals surface area contributed by atoms with E-state index in [0.717, 1.165) is 95.2 Å². The first-order valence-electron chi connectivity index (χ1n) is 18.0. The minimum absolute atomic E-state index is 0.0380. The van der Waals surface area contributed by atoms with Gasteiger partial charge in [-0.15, -0.1) is 0 Å². The maximum absolute atomic E-state index is 12.4. The van der Waals surface area contributed by atoms with Crippen molar-refractivity contribution in [1.29, 1.82) is 0 Å². The van der Waals surface area contributed by atoms with Gasteiger partial charge in [-0.3, -0.25) is 9.59 Å². The SMILES string of the molecule is CC.CNC(CCCCNC(=O)CCCCC[N+]1=C(/C=C/C=C/C=C2\Nc3ccc(SO)cc3C2(C)C)C(C)(C)c2cc(SO)ccc21)C(=O)O. The van der Waals surface area contributed by atoms with E-state index < -0.39 is 12.0 Å². The second-order valence-corrected chi connectivity index (χ2v) is 14.9. The fraction of sp³-hybridized carbons (Fsp3) is 0.475. The molecule has 4 rings (SSSR count). The van der Waals surface area contributed by atoms with Crippen molar-refractivity contribution in [3.63, 3.8) is 0 Å². The summed E-state index contributed by atoms with van der Waals surface area (Å²) in [5.74, 6) is -0.810. The fourth-order valence-corrected chi connectivity index (χ4v) is 7.23. The maximum atomic E-state index is 12.4. The Balaban J connectivity index is 0.00000345. The van der Waals surface area contributed by atoms with Crippen LogP contribution in [0.1, 0.15) is 97.6 Å². The Kier molecular flexibility index (Phi) is 16.5. The molecule has 0 bridgehead atoms. The monoisotopic (exact) mass is 737 g/mol. The molecule has 51 heavy (non-hydrogen) atoms. The van der Waals surface area contributed by atoms with Crippen LogP contribution in [0.4, 0.5) is 11.4 Å². The van der Waals surface area contributed by atoms with Gasteiger partial charge in [0.05, 0.1) is 5.41 Å². The average Bonchev–Trinajstić information content (AvgIpc) is 3.50. The van der Waals surface area contributed by atoms with Gasteiger partial charge in [-0.2, -0.15) is 4.58 Å². The number of aliphatic carboxylic acids is 1. The number of nitrogens with one attached hydrogen (secondary N) is 3. The average molecular weight is 738 g/mol. The van der Waals surface area contributed by atoms with Gasteiger partial charge in [-0.25, -0.2) is 0 Å². The van der Waals surface area contributed by atoms with E-state index in [1.165, 1.54) is 11.3 Å². The first-order valence-corrected chi connectivity index (χ1v) is 19.5. The van der Waals surface area contributed by atoms with Crippen molar-refractivity contribution in [1.82, 2.24) is 10.6 Å². The number of benzene rings is 2. The van der Waals surface area contributed by atoms with E-state index in [-0.39, 0.29) is 16.7 Å². The van der Waals surface area contributed by atoms with Gasteiger partial charge < -0.3 is 30.2 Å². The van der Waals surface area contributed by atoms with Crippen molar-refractivity contribution in [3.8, 4) is 0 Å². The summed E-state index contributed by atoms with van der Waals surface area (Å²) in [6.07, 6.45) is 15.6. The molecule has 2 heterocycles. The summed E-state index contributed by atoms with van der Waals surface area (Å²) in [5.41, 5.74) is 6.34. The zero-order valence-corrected chi connectivity index (χ0v) is 32.8. The highest BCUT2D eigenvalue weighted by Crippen LogP contribution is 2.45. The summed E-state index contributed by atoms with van der Waals surface area (Å²) in [6, 6.07) is 11.5. The van der Waals surface area contributed by atoms with Gasteiger partial charge in [0.25, 0.3) is 0 Å². The molecule has 11 heteroatoms. The number of unbranched alkanes of at least 4 members (excludes halogenated alkanes) is 3. The fourth-order valence-electron chi connectivity index (χ4n) is 6.63. The van der Waals surface area contributed by atoms with Gasteiger partial charge in [0.2, 0.25) is 11.6 Å². The summed E-state index contributed by atoms with van der Waals surface area (Å²) in [5, 5.41) is 18.4. The second kappa shape index (κ2) is 20.0. The zero-order chi connectivity index (χ0) is 37.6. The predicted octanol–water partition coefficient (Wildman–Crippen LogP) is 9.14. The van der Waals surface area contributed by atoms with Crippen LogP contribution in [-0.2, 0) is 20.4 Å². The number of nitrogens with zero attached hydrogens (tertiary/aromatic N) is 1. The van der Waals surface area contributed by atoms with Crippen molar-refractivity contribution in [2.24, 2.45) is 0 Å². The molecular weight excluding hydrogens is 681 g/mol. The van der Waals surface area contributed by atoms with Crippen molar-refractivity contribution >= 4 is 53.0 Å². The van der Waals surface area contributed by atoms with Crippen LogP contribution in [0, 0.1) is 0 Å². The molecule has 2 aliphatic rings. The minimum atomic E-state index is -0.848. The van der Waals surface area contributed by atoms with E-state index in [0.29, 0.717) is 19.4 Å². The van der Waals surface area contributed by atoms with Gasteiger partial charge in [-0.05, 0) is 95.0 Å². The third-order valence-electron chi connectivity index (χ3n) is 9.59. The number of fused-ring (bicyclic) bond motifs is 2. The number of hydrogen-bond donors (Lipinski definition) is 6. The molecule has 2 aromatic rings. The highest BCUT2D eigenvalue weighted by Gasteiger charge is 2.44. The van der Waals surface area contributed by atoms with Crippen molar-refractivity contribution in [2.75, 3.05) is 25.5 Å². The molecule has 1 unspecified atom stereocenters. The number of amides is 1. The number of allylic oxidation sites excluding steroid dienone is 6. The molecule has 6 N–H and O–H groups in total. The molecule has 0 aromatic heterocycles. The third kappa shape index (κ3) is 10.8. The molecule has 0 spiro atoms. The summed E-state index contributed by atoms with van der Waals surface area (Å²) in [7, 11) is 1.65. The lowest BCUT2D eigenvalue weighted by molar-refractivity contribution is -0.438. The molecule has 0 saturated carbocycles. The number of anilines is 1. The lowest BCUT2D eigenvalue weighted by Crippen LogP contribution is -2.33. The molecule has 2 aliphatic heterocycles. The van der Waals surface area contributed by atoms with Crippen LogP contribution in [0.2, 0.25) is 0 Å². The molecule has 0 saturated heterocycles. The molecule has 1 amide bonds. The lowest BCUT2D eigenvalue weighted by atomic mass is 9.81. The highest BCUT2D eigenvalue weighted by atomic mass is 32.2. The topological polar surface area (TPSA) is 134 Å². The van der Waals surface area contributed by atoms with E-state index in [1.54, 1.807) is 7.05 Å². The van der Waals surface area contributed by atoms with E-state index in [1.807, 2.05) is 44.2 Å². The first kappa shape index (κ1) is 42.1. The Bertz CT molecular complexity index is 1630. The zero-order valence-electron chi connectivity index (χ0n) is 31.2. The van der Waals surface area contributed by atoms with Crippen LogP contribution >= 0.6 is 24.1 Å². The number of rotatable bonds is 18.